The van der Waals surface area contributed by atoms with Crippen LogP contribution in [-0.2, 0) is 11.3 Å². The summed E-state index contributed by atoms with van der Waals surface area (Å²) in [5, 5.41) is 9.34. The van der Waals surface area contributed by atoms with Crippen molar-refractivity contribution in [2.75, 3.05) is 6.54 Å². The van der Waals surface area contributed by atoms with Gasteiger partial charge in [-0.2, -0.15) is 0 Å². The lowest BCUT2D eigenvalue weighted by Gasteiger charge is -2.32. The highest BCUT2D eigenvalue weighted by atomic mass is 32.1. The number of rotatable bonds is 5. The van der Waals surface area contributed by atoms with Gasteiger partial charge in [-0.1, -0.05) is 36.8 Å². The van der Waals surface area contributed by atoms with Crippen LogP contribution in [0.2, 0.25) is 0 Å². The zero-order valence-corrected chi connectivity index (χ0v) is 13.6. The number of carboxylic acid groups (broad SMARTS) is 1. The number of piperidine rings is 1. The lowest BCUT2D eigenvalue weighted by Crippen LogP contribution is -2.43. The molecule has 0 spiro atoms. The van der Waals surface area contributed by atoms with Crippen LogP contribution in [0.15, 0.2) is 42.5 Å². The molecule has 2 aromatic rings. The van der Waals surface area contributed by atoms with E-state index in [1.807, 2.05) is 47.4 Å². The lowest BCUT2D eigenvalue weighted by molar-refractivity contribution is -0.144. The number of carbonyl (C=O) groups excluding carboxylic acids is 1. The molecule has 0 aliphatic carbocycles. The van der Waals surface area contributed by atoms with Crippen LogP contribution in [0.25, 0.3) is 0 Å². The molecule has 0 bridgehead atoms. The molecule has 5 heteroatoms. The van der Waals surface area contributed by atoms with Crippen molar-refractivity contribution < 1.29 is 14.7 Å². The van der Waals surface area contributed by atoms with Crippen LogP contribution < -0.4 is 0 Å². The van der Waals surface area contributed by atoms with Crippen molar-refractivity contribution in [2.45, 2.75) is 31.8 Å². The van der Waals surface area contributed by atoms with Gasteiger partial charge in [0.1, 0.15) is 6.04 Å². The molecular formula is C18H19NO3S. The standard InChI is InChI=1S/C18H19NO3S/c20-17(13-6-2-1-3-7-13)16-10-9-14(23-16)12-19-11-5-4-8-15(19)18(21)22/h1-3,6-7,9-10,15H,4-5,8,11-12H2,(H,21,22)/t15-/m1/s1. The third-order valence-corrected chi connectivity index (χ3v) is 5.25. The average Bonchev–Trinajstić information content (AvgIpc) is 3.04. The van der Waals surface area contributed by atoms with Crippen LogP contribution in [-0.4, -0.2) is 34.3 Å². The SMILES string of the molecule is O=C(c1ccccc1)c1ccc(CN2CCCC[C@@H]2C(=O)O)s1. The molecule has 1 N–H and O–H groups in total. The summed E-state index contributed by atoms with van der Waals surface area (Å²) in [6.07, 6.45) is 2.71. The second kappa shape index (κ2) is 7.06. The highest BCUT2D eigenvalue weighted by Crippen LogP contribution is 2.25. The minimum atomic E-state index is -0.748. The van der Waals surface area contributed by atoms with E-state index in [0.717, 1.165) is 24.3 Å². The number of thiophene rings is 1. The van der Waals surface area contributed by atoms with E-state index in [4.69, 9.17) is 0 Å². The average molecular weight is 329 g/mol. The Bertz CT molecular complexity index is 695. The van der Waals surface area contributed by atoms with Gasteiger partial charge in [-0.3, -0.25) is 14.5 Å². The van der Waals surface area contributed by atoms with E-state index in [2.05, 4.69) is 0 Å². The van der Waals surface area contributed by atoms with Gasteiger partial charge in [0, 0.05) is 17.0 Å². The first-order chi connectivity index (χ1) is 11.1. The smallest absolute Gasteiger partial charge is 0.320 e. The second-order valence-electron chi connectivity index (χ2n) is 5.78. The number of nitrogens with zero attached hydrogens (tertiary/aromatic N) is 1. The van der Waals surface area contributed by atoms with Crippen molar-refractivity contribution >= 4 is 23.1 Å². The largest absolute Gasteiger partial charge is 0.480 e. The van der Waals surface area contributed by atoms with Gasteiger partial charge in [0.15, 0.2) is 0 Å². The van der Waals surface area contributed by atoms with Crippen LogP contribution in [0.1, 0.15) is 39.4 Å². The van der Waals surface area contributed by atoms with E-state index < -0.39 is 12.0 Å². The van der Waals surface area contributed by atoms with E-state index in [-0.39, 0.29) is 5.78 Å². The van der Waals surface area contributed by atoms with Crippen molar-refractivity contribution in [2.24, 2.45) is 0 Å². The molecule has 1 aromatic carbocycles. The van der Waals surface area contributed by atoms with Crippen molar-refractivity contribution in [3.05, 3.63) is 57.8 Å². The summed E-state index contributed by atoms with van der Waals surface area (Å²) < 4.78 is 0. The molecule has 0 radical (unpaired) electrons. The van der Waals surface area contributed by atoms with Crippen LogP contribution in [0.5, 0.6) is 0 Å². The molecule has 1 saturated heterocycles. The van der Waals surface area contributed by atoms with E-state index in [9.17, 15) is 14.7 Å². The fraction of sp³-hybridized carbons (Fsp3) is 0.333. The van der Waals surface area contributed by atoms with E-state index in [1.54, 1.807) is 0 Å². The molecule has 2 heterocycles. The Kier molecular flexibility index (Phi) is 4.88. The first-order valence-electron chi connectivity index (χ1n) is 7.80. The number of likely N-dealkylation sites (tertiary alicyclic amines) is 1. The molecule has 1 atom stereocenters. The Balaban J connectivity index is 1.72. The molecule has 0 amide bonds. The van der Waals surface area contributed by atoms with E-state index in [1.165, 1.54) is 11.3 Å². The first-order valence-corrected chi connectivity index (χ1v) is 8.62. The van der Waals surface area contributed by atoms with Gasteiger partial charge in [-0.05, 0) is 31.5 Å². The zero-order valence-electron chi connectivity index (χ0n) is 12.8. The fourth-order valence-corrected chi connectivity index (χ4v) is 3.97. The first kappa shape index (κ1) is 15.9. The molecule has 1 aliphatic heterocycles. The molecule has 4 nitrogen and oxygen atoms in total. The number of benzene rings is 1. The summed E-state index contributed by atoms with van der Waals surface area (Å²) in [5.41, 5.74) is 0.683. The molecule has 0 saturated carbocycles. The summed E-state index contributed by atoms with van der Waals surface area (Å²) in [6, 6.07) is 12.6. The zero-order chi connectivity index (χ0) is 16.2. The van der Waals surface area contributed by atoms with Crippen LogP contribution in [0.3, 0.4) is 0 Å². The van der Waals surface area contributed by atoms with Gasteiger partial charge in [0.05, 0.1) is 4.88 Å². The number of hydrogen-bond acceptors (Lipinski definition) is 4. The van der Waals surface area contributed by atoms with Gasteiger partial charge in [-0.25, -0.2) is 0 Å². The predicted octanol–water partition coefficient (Wildman–Crippen LogP) is 3.42. The van der Waals surface area contributed by atoms with Gasteiger partial charge in [0.2, 0.25) is 5.78 Å². The predicted molar refractivity (Wildman–Crippen MR) is 89.9 cm³/mol. The van der Waals surface area contributed by atoms with E-state index >= 15 is 0 Å². The third-order valence-electron chi connectivity index (χ3n) is 4.18. The van der Waals surface area contributed by atoms with Gasteiger partial charge in [0.25, 0.3) is 0 Å². The van der Waals surface area contributed by atoms with Gasteiger partial charge >= 0.3 is 5.97 Å². The maximum atomic E-state index is 12.4. The maximum Gasteiger partial charge on any atom is 0.320 e. The quantitative estimate of drug-likeness (QED) is 0.854. The highest BCUT2D eigenvalue weighted by Gasteiger charge is 2.28. The summed E-state index contributed by atoms with van der Waals surface area (Å²) in [5.74, 6) is -0.725. The molecule has 3 rings (SSSR count). The topological polar surface area (TPSA) is 57.6 Å². The molecule has 0 unspecified atom stereocenters. The number of carboxylic acids is 1. The Morgan fingerprint density at radius 3 is 2.65 bits per heavy atom. The Morgan fingerprint density at radius 2 is 1.91 bits per heavy atom. The normalized spacial score (nSPS) is 18.7. The molecule has 1 fully saturated rings. The molecule has 1 aliphatic rings. The molecule has 120 valence electrons. The van der Waals surface area contributed by atoms with Crippen molar-refractivity contribution in [3.63, 3.8) is 0 Å². The third kappa shape index (κ3) is 3.68. The highest BCUT2D eigenvalue weighted by molar-refractivity contribution is 7.14. The minimum Gasteiger partial charge on any atom is -0.480 e. The van der Waals surface area contributed by atoms with Crippen LogP contribution in [0, 0.1) is 0 Å². The van der Waals surface area contributed by atoms with Crippen molar-refractivity contribution in [3.8, 4) is 0 Å². The summed E-state index contributed by atoms with van der Waals surface area (Å²) in [6.45, 7) is 1.40. The minimum absolute atomic E-state index is 0.0234. The van der Waals surface area contributed by atoms with Gasteiger partial charge < -0.3 is 5.11 Å². The summed E-state index contributed by atoms with van der Waals surface area (Å²) in [7, 11) is 0. The van der Waals surface area contributed by atoms with Crippen molar-refractivity contribution in [1.82, 2.24) is 4.90 Å². The van der Waals surface area contributed by atoms with E-state index in [0.29, 0.717) is 23.4 Å². The number of ketones is 1. The number of carbonyl (C=O) groups is 2. The maximum absolute atomic E-state index is 12.4. The Labute approximate surface area is 139 Å². The summed E-state index contributed by atoms with van der Waals surface area (Å²) >= 11 is 1.46. The van der Waals surface area contributed by atoms with Crippen LogP contribution >= 0.6 is 11.3 Å². The fourth-order valence-electron chi connectivity index (χ4n) is 2.98. The molecule has 1 aromatic heterocycles. The summed E-state index contributed by atoms with van der Waals surface area (Å²) in [4.78, 5) is 27.5. The Hall–Kier alpha value is -1.98. The molecule has 23 heavy (non-hydrogen) atoms. The monoisotopic (exact) mass is 329 g/mol. The Morgan fingerprint density at radius 1 is 1.13 bits per heavy atom. The number of hydrogen-bond donors (Lipinski definition) is 1. The lowest BCUT2D eigenvalue weighted by atomic mass is 10.0. The van der Waals surface area contributed by atoms with Gasteiger partial charge in [-0.15, -0.1) is 11.3 Å². The number of aliphatic carboxylic acids is 1. The van der Waals surface area contributed by atoms with Crippen molar-refractivity contribution in [1.29, 1.82) is 0 Å². The second-order valence-corrected chi connectivity index (χ2v) is 6.95. The van der Waals surface area contributed by atoms with Crippen LogP contribution in [0.4, 0.5) is 0 Å². The molecular weight excluding hydrogens is 310 g/mol.